The van der Waals surface area contributed by atoms with Gasteiger partial charge in [0.25, 0.3) is 5.78 Å². The van der Waals surface area contributed by atoms with Crippen LogP contribution in [0, 0.1) is 0 Å². The first-order valence-corrected chi connectivity index (χ1v) is 4.41. The third-order valence-corrected chi connectivity index (χ3v) is 2.00. The first kappa shape index (κ1) is 12.3. The molecule has 0 aliphatic heterocycles. The van der Waals surface area contributed by atoms with Crippen LogP contribution in [0.25, 0.3) is 5.76 Å². The molecule has 86 valence electrons. The summed E-state index contributed by atoms with van der Waals surface area (Å²) in [5.74, 6) is -2.68. The van der Waals surface area contributed by atoms with Crippen LogP contribution in [0.5, 0.6) is 0 Å². The van der Waals surface area contributed by atoms with Gasteiger partial charge >= 0.3 is 6.18 Å². The summed E-state index contributed by atoms with van der Waals surface area (Å²) in [6.45, 7) is 0.943. The summed E-state index contributed by atoms with van der Waals surface area (Å²) in [6.07, 6.45) is -4.97. The summed E-state index contributed by atoms with van der Waals surface area (Å²) >= 11 is 0. The molecule has 0 aliphatic rings. The number of ketones is 1. The van der Waals surface area contributed by atoms with Crippen LogP contribution in [0.15, 0.2) is 35.9 Å². The Hall–Kier alpha value is -1.78. The Labute approximate surface area is 90.0 Å². The third kappa shape index (κ3) is 2.62. The second kappa shape index (κ2) is 4.38. The van der Waals surface area contributed by atoms with Crippen molar-refractivity contribution in [3.63, 3.8) is 0 Å². The van der Waals surface area contributed by atoms with Crippen molar-refractivity contribution in [1.29, 1.82) is 0 Å². The molecule has 5 heteroatoms. The van der Waals surface area contributed by atoms with E-state index in [4.69, 9.17) is 0 Å². The Balaban J connectivity index is 3.12. The van der Waals surface area contributed by atoms with Crippen molar-refractivity contribution in [2.75, 3.05) is 0 Å². The largest absolute Gasteiger partial charge is 0.507 e. The van der Waals surface area contributed by atoms with Gasteiger partial charge in [-0.1, -0.05) is 30.3 Å². The molecule has 0 radical (unpaired) electrons. The van der Waals surface area contributed by atoms with Crippen LogP contribution in [0.4, 0.5) is 13.2 Å². The molecule has 0 saturated heterocycles. The van der Waals surface area contributed by atoms with Gasteiger partial charge in [-0.25, -0.2) is 0 Å². The molecular weight excluding hydrogens is 221 g/mol. The summed E-state index contributed by atoms with van der Waals surface area (Å²) in [7, 11) is 0. The number of halogens is 3. The maximum absolute atomic E-state index is 12.1. The normalized spacial score (nSPS) is 13.2. The Kier molecular flexibility index (Phi) is 3.37. The number of rotatable bonds is 2. The van der Waals surface area contributed by atoms with Gasteiger partial charge in [-0.2, -0.15) is 13.2 Å². The second-order valence-electron chi connectivity index (χ2n) is 3.17. The van der Waals surface area contributed by atoms with Crippen LogP contribution in [-0.2, 0) is 4.79 Å². The fourth-order valence-electron chi connectivity index (χ4n) is 1.13. The lowest BCUT2D eigenvalue weighted by Gasteiger charge is -2.08. The Morgan fingerprint density at radius 2 is 1.69 bits per heavy atom. The van der Waals surface area contributed by atoms with Gasteiger partial charge in [0.2, 0.25) is 0 Å². The van der Waals surface area contributed by atoms with Crippen molar-refractivity contribution < 1.29 is 23.1 Å². The van der Waals surface area contributed by atoms with Crippen molar-refractivity contribution in [2.24, 2.45) is 0 Å². The summed E-state index contributed by atoms with van der Waals surface area (Å²) in [6, 6.07) is 7.59. The highest BCUT2D eigenvalue weighted by molar-refractivity contribution is 6.04. The Bertz CT molecular complexity index is 419. The first-order valence-electron chi connectivity index (χ1n) is 4.41. The molecule has 0 heterocycles. The monoisotopic (exact) mass is 230 g/mol. The van der Waals surface area contributed by atoms with Crippen molar-refractivity contribution in [3.05, 3.63) is 41.5 Å². The van der Waals surface area contributed by atoms with Gasteiger partial charge in [0.15, 0.2) is 0 Å². The minimum atomic E-state index is -4.97. The van der Waals surface area contributed by atoms with Gasteiger partial charge in [0.1, 0.15) is 5.76 Å². The highest BCUT2D eigenvalue weighted by atomic mass is 19.4. The average Bonchev–Trinajstić information content (AvgIpc) is 2.26. The number of alkyl halides is 3. The zero-order chi connectivity index (χ0) is 12.3. The summed E-state index contributed by atoms with van der Waals surface area (Å²) < 4.78 is 36.2. The highest BCUT2D eigenvalue weighted by Gasteiger charge is 2.40. The van der Waals surface area contributed by atoms with E-state index in [1.54, 1.807) is 18.2 Å². The predicted octanol–water partition coefficient (Wildman–Crippen LogP) is 3.11. The third-order valence-electron chi connectivity index (χ3n) is 2.00. The smallest absolute Gasteiger partial charge is 0.454 e. The summed E-state index contributed by atoms with van der Waals surface area (Å²) in [4.78, 5) is 10.8. The quantitative estimate of drug-likeness (QED) is 0.626. The summed E-state index contributed by atoms with van der Waals surface area (Å²) in [5.41, 5.74) is -0.531. The van der Waals surface area contributed by atoms with Crippen molar-refractivity contribution >= 4 is 11.5 Å². The topological polar surface area (TPSA) is 37.3 Å². The molecule has 0 aliphatic carbocycles. The van der Waals surface area contributed by atoms with Crippen molar-refractivity contribution in [3.8, 4) is 0 Å². The Morgan fingerprint density at radius 3 is 2.12 bits per heavy atom. The van der Waals surface area contributed by atoms with E-state index in [0.29, 0.717) is 0 Å². The molecule has 0 aromatic heterocycles. The molecule has 0 atom stereocenters. The molecule has 1 rings (SSSR count). The van der Waals surface area contributed by atoms with Crippen LogP contribution in [-0.4, -0.2) is 17.1 Å². The van der Waals surface area contributed by atoms with E-state index < -0.39 is 23.3 Å². The van der Waals surface area contributed by atoms with Gasteiger partial charge in [0.05, 0.1) is 0 Å². The maximum Gasteiger partial charge on any atom is 0.454 e. The molecule has 0 unspecified atom stereocenters. The number of Topliss-reactive ketones (excluding diaryl/α,β-unsaturated/α-hetero) is 1. The molecule has 0 amide bonds. The van der Waals surface area contributed by atoms with E-state index in [0.717, 1.165) is 6.92 Å². The fourth-order valence-corrected chi connectivity index (χ4v) is 1.13. The van der Waals surface area contributed by atoms with Gasteiger partial charge in [0, 0.05) is 11.1 Å². The van der Waals surface area contributed by atoms with Crippen LogP contribution < -0.4 is 0 Å². The number of carbonyl (C=O) groups excluding carboxylic acids is 1. The number of benzene rings is 1. The van der Waals surface area contributed by atoms with Crippen molar-refractivity contribution in [2.45, 2.75) is 13.1 Å². The lowest BCUT2D eigenvalue weighted by Crippen LogP contribution is -2.24. The molecule has 0 spiro atoms. The van der Waals surface area contributed by atoms with E-state index in [2.05, 4.69) is 0 Å². The predicted molar refractivity (Wildman–Crippen MR) is 52.7 cm³/mol. The van der Waals surface area contributed by atoms with E-state index in [-0.39, 0.29) is 5.56 Å². The molecule has 1 aromatic carbocycles. The van der Waals surface area contributed by atoms with Gasteiger partial charge in [-0.3, -0.25) is 4.79 Å². The fraction of sp³-hybridized carbons (Fsp3) is 0.182. The van der Waals surface area contributed by atoms with E-state index in [1.807, 2.05) is 0 Å². The number of aliphatic hydroxyl groups excluding tert-OH is 1. The number of hydrogen-bond donors (Lipinski definition) is 1. The SMILES string of the molecule is CC(C(=O)C(F)(F)F)=C(O)c1ccccc1. The van der Waals surface area contributed by atoms with Crippen LogP contribution >= 0.6 is 0 Å². The number of allylic oxidation sites excluding steroid dienone is 1. The lowest BCUT2D eigenvalue weighted by molar-refractivity contribution is -0.166. The van der Waals surface area contributed by atoms with Crippen LogP contribution in [0.2, 0.25) is 0 Å². The lowest BCUT2D eigenvalue weighted by atomic mass is 10.1. The molecule has 1 aromatic rings. The molecule has 16 heavy (non-hydrogen) atoms. The van der Waals surface area contributed by atoms with Gasteiger partial charge in [-0.05, 0) is 6.92 Å². The van der Waals surface area contributed by atoms with Crippen LogP contribution in [0.1, 0.15) is 12.5 Å². The number of aliphatic hydroxyl groups is 1. The standard InChI is InChI=1S/C11H9F3O2/c1-7(10(16)11(12,13)14)9(15)8-5-3-2-4-6-8/h2-6,15H,1H3. The summed E-state index contributed by atoms with van der Waals surface area (Å²) in [5, 5.41) is 9.48. The number of hydrogen-bond acceptors (Lipinski definition) is 2. The molecule has 1 N–H and O–H groups in total. The van der Waals surface area contributed by atoms with E-state index >= 15 is 0 Å². The molecule has 0 saturated carbocycles. The van der Waals surface area contributed by atoms with E-state index in [9.17, 15) is 23.1 Å². The van der Waals surface area contributed by atoms with E-state index in [1.165, 1.54) is 12.1 Å². The minimum absolute atomic E-state index is 0.178. The zero-order valence-electron chi connectivity index (χ0n) is 8.38. The molecule has 0 bridgehead atoms. The maximum atomic E-state index is 12.1. The Morgan fingerprint density at radius 1 is 1.19 bits per heavy atom. The zero-order valence-corrected chi connectivity index (χ0v) is 8.38. The molecule has 0 fully saturated rings. The van der Waals surface area contributed by atoms with Crippen LogP contribution in [0.3, 0.4) is 0 Å². The second-order valence-corrected chi connectivity index (χ2v) is 3.17. The molecular formula is C11H9F3O2. The first-order chi connectivity index (χ1) is 7.34. The molecule has 2 nitrogen and oxygen atoms in total. The average molecular weight is 230 g/mol. The van der Waals surface area contributed by atoms with Gasteiger partial charge in [-0.15, -0.1) is 0 Å². The highest BCUT2D eigenvalue weighted by Crippen LogP contribution is 2.24. The van der Waals surface area contributed by atoms with Crippen molar-refractivity contribution in [1.82, 2.24) is 0 Å². The van der Waals surface area contributed by atoms with Gasteiger partial charge < -0.3 is 5.11 Å². The minimum Gasteiger partial charge on any atom is -0.507 e. The number of carbonyl (C=O) groups is 1.